The number of pyridine rings is 1. The normalized spacial score (nSPS) is 18.8. The van der Waals surface area contributed by atoms with Gasteiger partial charge >= 0.3 is 0 Å². The lowest BCUT2D eigenvalue weighted by Gasteiger charge is -2.28. The number of rotatable bonds is 5. The lowest BCUT2D eigenvalue weighted by atomic mass is 9.85. The van der Waals surface area contributed by atoms with Gasteiger partial charge in [-0.25, -0.2) is 9.37 Å². The van der Waals surface area contributed by atoms with Crippen LogP contribution in [-0.4, -0.2) is 29.9 Å². The quantitative estimate of drug-likeness (QED) is 0.761. The Balaban J connectivity index is 1.78. The van der Waals surface area contributed by atoms with Crippen molar-refractivity contribution >= 4 is 29.2 Å². The smallest absolute Gasteiger partial charge is 0.228 e. The van der Waals surface area contributed by atoms with Crippen LogP contribution >= 0.6 is 11.6 Å². The van der Waals surface area contributed by atoms with Crippen molar-refractivity contribution in [2.75, 3.05) is 12.4 Å². The number of halogens is 2. The minimum Gasteiger partial charge on any atom is -0.496 e. The lowest BCUT2D eigenvalue weighted by molar-refractivity contribution is -0.123. The van der Waals surface area contributed by atoms with E-state index in [2.05, 4.69) is 15.6 Å². The van der Waals surface area contributed by atoms with E-state index in [1.165, 1.54) is 20.1 Å². The third-order valence-corrected chi connectivity index (χ3v) is 5.25. The zero-order valence-electron chi connectivity index (χ0n) is 16.3. The molecule has 2 atom stereocenters. The highest BCUT2D eigenvalue weighted by Crippen LogP contribution is 2.35. The first-order valence-corrected chi connectivity index (χ1v) is 9.82. The molecular weight excluding hydrogens is 397 g/mol. The third kappa shape index (κ3) is 5.23. The largest absolute Gasteiger partial charge is 0.496 e. The second kappa shape index (κ2) is 9.22. The first-order valence-electron chi connectivity index (χ1n) is 9.44. The molecule has 0 bridgehead atoms. The first-order chi connectivity index (χ1) is 13.9. The zero-order valence-corrected chi connectivity index (χ0v) is 17.1. The Labute approximate surface area is 173 Å². The molecule has 2 N–H and O–H groups in total. The molecule has 2 amide bonds. The number of anilines is 1. The van der Waals surface area contributed by atoms with Crippen LogP contribution in [0.2, 0.25) is 5.02 Å². The van der Waals surface area contributed by atoms with Gasteiger partial charge in [-0.15, -0.1) is 0 Å². The van der Waals surface area contributed by atoms with E-state index in [-0.39, 0.29) is 35.2 Å². The maximum Gasteiger partial charge on any atom is 0.228 e. The van der Waals surface area contributed by atoms with Gasteiger partial charge in [0, 0.05) is 35.0 Å². The minimum absolute atomic E-state index is 0.00735. The van der Waals surface area contributed by atoms with Gasteiger partial charge in [0.25, 0.3) is 0 Å². The summed E-state index contributed by atoms with van der Waals surface area (Å²) >= 11 is 5.98. The van der Waals surface area contributed by atoms with Gasteiger partial charge in [0.2, 0.25) is 11.8 Å². The number of nitrogens with zero attached hydrogens (tertiary/aromatic N) is 1. The molecule has 0 aliphatic heterocycles. The molecule has 1 heterocycles. The predicted molar refractivity (Wildman–Crippen MR) is 109 cm³/mol. The molecule has 3 rings (SSSR count). The molecule has 6 nitrogen and oxygen atoms in total. The van der Waals surface area contributed by atoms with Gasteiger partial charge in [0.05, 0.1) is 13.3 Å². The van der Waals surface area contributed by atoms with Crippen LogP contribution in [0.5, 0.6) is 5.75 Å². The van der Waals surface area contributed by atoms with Gasteiger partial charge in [-0.1, -0.05) is 18.0 Å². The molecule has 1 aromatic heterocycles. The van der Waals surface area contributed by atoms with Gasteiger partial charge in [0.15, 0.2) is 0 Å². The number of aromatic nitrogens is 1. The van der Waals surface area contributed by atoms with Gasteiger partial charge in [-0.05, 0) is 43.5 Å². The van der Waals surface area contributed by atoms with Crippen molar-refractivity contribution < 1.29 is 18.7 Å². The Morgan fingerprint density at radius 1 is 1.24 bits per heavy atom. The summed E-state index contributed by atoms with van der Waals surface area (Å²) < 4.78 is 19.7. The Kier molecular flexibility index (Phi) is 6.69. The third-order valence-electron chi connectivity index (χ3n) is 5.01. The Morgan fingerprint density at radius 2 is 2.03 bits per heavy atom. The summed E-state index contributed by atoms with van der Waals surface area (Å²) in [6, 6.07) is 6.37. The van der Waals surface area contributed by atoms with Crippen molar-refractivity contribution in [1.29, 1.82) is 0 Å². The summed E-state index contributed by atoms with van der Waals surface area (Å²) in [5.41, 5.74) is 0.763. The van der Waals surface area contributed by atoms with Gasteiger partial charge < -0.3 is 15.4 Å². The number of nitrogens with one attached hydrogen (secondary N) is 2. The van der Waals surface area contributed by atoms with Crippen LogP contribution in [0.15, 0.2) is 30.5 Å². The molecule has 8 heteroatoms. The fourth-order valence-corrected chi connectivity index (χ4v) is 3.84. The van der Waals surface area contributed by atoms with Crippen molar-refractivity contribution in [1.82, 2.24) is 10.3 Å². The van der Waals surface area contributed by atoms with E-state index in [1.54, 1.807) is 18.2 Å². The molecule has 154 valence electrons. The standard InChI is InChI=1S/C21H23ClFN3O3/c1-12(27)25-15-5-3-4-13(8-15)21(28)26-20-10-17(18(23)11-24-20)16-7-6-14(22)9-19(16)29-2/h6-7,9-11,13,15H,3-5,8H2,1-2H3,(H,25,27)(H,24,26,28). The molecule has 0 saturated heterocycles. The summed E-state index contributed by atoms with van der Waals surface area (Å²) in [5.74, 6) is -0.380. The fraction of sp³-hybridized carbons (Fsp3) is 0.381. The minimum atomic E-state index is -0.535. The molecule has 1 aliphatic rings. The van der Waals surface area contributed by atoms with Gasteiger partial charge in [-0.3, -0.25) is 9.59 Å². The van der Waals surface area contributed by atoms with E-state index in [0.717, 1.165) is 25.5 Å². The number of carbonyl (C=O) groups excluding carboxylic acids is 2. The molecule has 1 fully saturated rings. The maximum atomic E-state index is 14.4. The summed E-state index contributed by atoms with van der Waals surface area (Å²) in [6.45, 7) is 1.47. The van der Waals surface area contributed by atoms with Crippen LogP contribution in [0.3, 0.4) is 0 Å². The Morgan fingerprint density at radius 3 is 2.76 bits per heavy atom. The van der Waals surface area contributed by atoms with Crippen LogP contribution in [-0.2, 0) is 9.59 Å². The molecule has 2 aromatic rings. The molecule has 29 heavy (non-hydrogen) atoms. The van der Waals surface area contributed by atoms with Crippen LogP contribution in [0.1, 0.15) is 32.6 Å². The number of hydrogen-bond acceptors (Lipinski definition) is 4. The van der Waals surface area contributed by atoms with E-state index in [9.17, 15) is 14.0 Å². The fourth-order valence-electron chi connectivity index (χ4n) is 3.68. The second-order valence-corrected chi connectivity index (χ2v) is 7.58. The van der Waals surface area contributed by atoms with Gasteiger partial charge in [0.1, 0.15) is 17.4 Å². The van der Waals surface area contributed by atoms with Crippen LogP contribution in [0.4, 0.5) is 10.2 Å². The zero-order chi connectivity index (χ0) is 21.0. The van der Waals surface area contributed by atoms with E-state index < -0.39 is 5.82 Å². The number of benzene rings is 1. The average molecular weight is 420 g/mol. The van der Waals surface area contributed by atoms with E-state index in [0.29, 0.717) is 22.8 Å². The molecule has 2 unspecified atom stereocenters. The Bertz CT molecular complexity index is 922. The molecule has 0 radical (unpaired) electrons. The van der Waals surface area contributed by atoms with Crippen molar-refractivity contribution in [3.05, 3.63) is 41.3 Å². The number of amides is 2. The van der Waals surface area contributed by atoms with Crippen molar-refractivity contribution in [2.24, 2.45) is 5.92 Å². The lowest BCUT2D eigenvalue weighted by Crippen LogP contribution is -2.40. The number of ether oxygens (including phenoxy) is 1. The van der Waals surface area contributed by atoms with Gasteiger partial charge in [-0.2, -0.15) is 0 Å². The van der Waals surface area contributed by atoms with Crippen molar-refractivity contribution in [3.8, 4) is 16.9 Å². The summed E-state index contributed by atoms with van der Waals surface area (Å²) in [4.78, 5) is 28.0. The molecule has 1 saturated carbocycles. The average Bonchev–Trinajstić information content (AvgIpc) is 2.69. The van der Waals surface area contributed by atoms with Crippen LogP contribution < -0.4 is 15.4 Å². The summed E-state index contributed by atoms with van der Waals surface area (Å²) in [6.07, 6.45) is 4.09. The predicted octanol–water partition coefficient (Wildman–Crippen LogP) is 4.18. The Hall–Kier alpha value is -2.67. The topological polar surface area (TPSA) is 80.3 Å². The maximum absolute atomic E-state index is 14.4. The summed E-state index contributed by atoms with van der Waals surface area (Å²) in [7, 11) is 1.48. The van der Waals surface area contributed by atoms with Crippen LogP contribution in [0.25, 0.3) is 11.1 Å². The van der Waals surface area contributed by atoms with E-state index in [4.69, 9.17) is 16.3 Å². The number of carbonyl (C=O) groups is 2. The highest BCUT2D eigenvalue weighted by Gasteiger charge is 2.28. The monoisotopic (exact) mass is 419 g/mol. The highest BCUT2D eigenvalue weighted by molar-refractivity contribution is 6.30. The summed E-state index contributed by atoms with van der Waals surface area (Å²) in [5, 5.41) is 6.12. The highest BCUT2D eigenvalue weighted by atomic mass is 35.5. The van der Waals surface area contributed by atoms with E-state index >= 15 is 0 Å². The molecule has 1 aromatic carbocycles. The first kappa shape index (κ1) is 21.0. The van der Waals surface area contributed by atoms with Crippen molar-refractivity contribution in [2.45, 2.75) is 38.6 Å². The van der Waals surface area contributed by atoms with Crippen LogP contribution in [0, 0.1) is 11.7 Å². The molecular formula is C21H23ClFN3O3. The molecule has 0 spiro atoms. The number of methoxy groups -OCH3 is 1. The second-order valence-electron chi connectivity index (χ2n) is 7.14. The molecule has 1 aliphatic carbocycles. The SMILES string of the molecule is COc1cc(Cl)ccc1-c1cc(NC(=O)C2CCCC(NC(C)=O)C2)ncc1F. The van der Waals surface area contributed by atoms with Crippen molar-refractivity contribution in [3.63, 3.8) is 0 Å². The number of hydrogen-bond donors (Lipinski definition) is 2. The van der Waals surface area contributed by atoms with E-state index in [1.807, 2.05) is 0 Å².